The van der Waals surface area contributed by atoms with Gasteiger partial charge in [0.05, 0.1) is 0 Å². The number of alkyl halides is 3. The van der Waals surface area contributed by atoms with Gasteiger partial charge in [-0.25, -0.2) is 8.42 Å². The van der Waals surface area contributed by atoms with Crippen molar-refractivity contribution in [3.8, 4) is 0 Å². The Kier molecular flexibility index (Phi) is 4.46. The van der Waals surface area contributed by atoms with E-state index < -0.39 is 15.5 Å². The van der Waals surface area contributed by atoms with Gasteiger partial charge >= 0.3 is 15.5 Å². The third-order valence-electron chi connectivity index (χ3n) is 3.38. The molecule has 1 fully saturated rings. The number of hydrogen-bond acceptors (Lipinski definition) is 2. The van der Waals surface area contributed by atoms with E-state index in [-0.39, 0.29) is 24.9 Å². The third kappa shape index (κ3) is 3.13. The van der Waals surface area contributed by atoms with Crippen LogP contribution in [0.1, 0.15) is 33.1 Å². The molecule has 0 bridgehead atoms. The van der Waals surface area contributed by atoms with Crippen molar-refractivity contribution in [3.63, 3.8) is 0 Å². The zero-order valence-corrected chi connectivity index (χ0v) is 10.8. The van der Waals surface area contributed by atoms with E-state index in [4.69, 9.17) is 0 Å². The van der Waals surface area contributed by atoms with Crippen LogP contribution in [0.4, 0.5) is 13.2 Å². The monoisotopic (exact) mass is 273 g/mol. The lowest BCUT2D eigenvalue weighted by molar-refractivity contribution is -0.0506. The van der Waals surface area contributed by atoms with Gasteiger partial charge in [-0.05, 0) is 18.3 Å². The highest BCUT2D eigenvalue weighted by atomic mass is 32.2. The second-order valence-corrected chi connectivity index (χ2v) is 6.48. The van der Waals surface area contributed by atoms with Gasteiger partial charge in [-0.1, -0.05) is 26.7 Å². The fourth-order valence-corrected chi connectivity index (χ4v) is 3.31. The van der Waals surface area contributed by atoms with Crippen LogP contribution in [-0.4, -0.2) is 31.3 Å². The maximum absolute atomic E-state index is 12.5. The SMILES string of the molecule is CCC1CC(CC)CN(S(=O)(=O)C(F)(F)F)C1. The first-order chi connectivity index (χ1) is 7.72. The zero-order chi connectivity index (χ0) is 13.3. The first kappa shape index (κ1) is 14.8. The van der Waals surface area contributed by atoms with E-state index in [1.165, 1.54) is 0 Å². The molecule has 1 aliphatic heterocycles. The number of sulfonamides is 1. The van der Waals surface area contributed by atoms with E-state index >= 15 is 0 Å². The molecule has 0 aromatic carbocycles. The van der Waals surface area contributed by atoms with Crippen LogP contribution in [0.15, 0.2) is 0 Å². The summed E-state index contributed by atoms with van der Waals surface area (Å²) in [6, 6.07) is 0. The summed E-state index contributed by atoms with van der Waals surface area (Å²) in [5.74, 6) is 0.0663. The molecule has 2 unspecified atom stereocenters. The molecule has 102 valence electrons. The van der Waals surface area contributed by atoms with Crippen molar-refractivity contribution >= 4 is 10.0 Å². The fraction of sp³-hybridized carbons (Fsp3) is 1.00. The average Bonchev–Trinajstić information content (AvgIpc) is 2.26. The Morgan fingerprint density at radius 2 is 1.53 bits per heavy atom. The fourth-order valence-electron chi connectivity index (χ4n) is 2.21. The van der Waals surface area contributed by atoms with Crippen molar-refractivity contribution in [2.75, 3.05) is 13.1 Å². The highest BCUT2D eigenvalue weighted by Gasteiger charge is 2.51. The Balaban J connectivity index is 2.90. The molecule has 1 saturated heterocycles. The summed E-state index contributed by atoms with van der Waals surface area (Å²) in [7, 11) is -5.15. The molecule has 0 spiro atoms. The van der Waals surface area contributed by atoms with E-state index in [1.54, 1.807) is 0 Å². The van der Waals surface area contributed by atoms with Crippen LogP contribution < -0.4 is 0 Å². The quantitative estimate of drug-likeness (QED) is 0.792. The van der Waals surface area contributed by atoms with E-state index in [1.807, 2.05) is 13.8 Å². The van der Waals surface area contributed by atoms with Crippen LogP contribution in [0.5, 0.6) is 0 Å². The van der Waals surface area contributed by atoms with Crippen molar-refractivity contribution in [1.82, 2.24) is 4.31 Å². The summed E-state index contributed by atoms with van der Waals surface area (Å²) in [6.07, 6.45) is 2.23. The Bertz CT molecular complexity index is 341. The minimum absolute atomic E-state index is 0.00512. The highest BCUT2D eigenvalue weighted by Crippen LogP contribution is 2.33. The van der Waals surface area contributed by atoms with Crippen molar-refractivity contribution in [3.05, 3.63) is 0 Å². The van der Waals surface area contributed by atoms with Crippen molar-refractivity contribution in [1.29, 1.82) is 0 Å². The average molecular weight is 273 g/mol. The minimum Gasteiger partial charge on any atom is -0.203 e. The summed E-state index contributed by atoms with van der Waals surface area (Å²) >= 11 is 0. The molecule has 0 aromatic heterocycles. The Labute approximate surface area is 100 Å². The second-order valence-electron chi connectivity index (χ2n) is 4.55. The van der Waals surface area contributed by atoms with Gasteiger partial charge in [0.15, 0.2) is 0 Å². The summed E-state index contributed by atoms with van der Waals surface area (Å²) in [5.41, 5.74) is -5.18. The van der Waals surface area contributed by atoms with Crippen LogP contribution in [0.25, 0.3) is 0 Å². The zero-order valence-electron chi connectivity index (χ0n) is 10.00. The predicted molar refractivity (Wildman–Crippen MR) is 58.7 cm³/mol. The van der Waals surface area contributed by atoms with Crippen molar-refractivity contribution in [2.45, 2.75) is 38.6 Å². The molecule has 0 aliphatic carbocycles. The summed E-state index contributed by atoms with van der Waals surface area (Å²) < 4.78 is 60.6. The lowest BCUT2D eigenvalue weighted by Crippen LogP contribution is -2.48. The Morgan fingerprint density at radius 1 is 1.12 bits per heavy atom. The molecule has 17 heavy (non-hydrogen) atoms. The maximum atomic E-state index is 12.5. The molecular formula is C10H18F3NO2S. The first-order valence-electron chi connectivity index (χ1n) is 5.78. The van der Waals surface area contributed by atoms with E-state index in [9.17, 15) is 21.6 Å². The molecule has 0 N–H and O–H groups in total. The summed E-state index contributed by atoms with van der Waals surface area (Å²) in [4.78, 5) is 0. The maximum Gasteiger partial charge on any atom is 0.511 e. The van der Waals surface area contributed by atoms with Crippen molar-refractivity contribution in [2.24, 2.45) is 11.8 Å². The Hall–Kier alpha value is -0.300. The van der Waals surface area contributed by atoms with Gasteiger partial charge in [0.25, 0.3) is 0 Å². The van der Waals surface area contributed by atoms with Gasteiger partial charge in [0.2, 0.25) is 0 Å². The molecule has 0 aromatic rings. The lowest BCUT2D eigenvalue weighted by atomic mass is 9.87. The second kappa shape index (κ2) is 5.14. The van der Waals surface area contributed by atoms with Crippen LogP contribution in [0, 0.1) is 11.8 Å². The van der Waals surface area contributed by atoms with Gasteiger partial charge < -0.3 is 0 Å². The van der Waals surface area contributed by atoms with Gasteiger partial charge in [-0.15, -0.1) is 0 Å². The van der Waals surface area contributed by atoms with E-state index in [0.29, 0.717) is 17.1 Å². The van der Waals surface area contributed by atoms with E-state index in [0.717, 1.165) is 6.42 Å². The number of rotatable bonds is 3. The highest BCUT2D eigenvalue weighted by molar-refractivity contribution is 7.90. The minimum atomic E-state index is -5.18. The van der Waals surface area contributed by atoms with Crippen LogP contribution in [0.2, 0.25) is 0 Å². The molecule has 0 saturated carbocycles. The predicted octanol–water partition coefficient (Wildman–Crippen LogP) is 2.59. The van der Waals surface area contributed by atoms with Crippen LogP contribution in [-0.2, 0) is 10.0 Å². The molecule has 0 radical (unpaired) electrons. The molecular weight excluding hydrogens is 255 g/mol. The molecule has 1 aliphatic rings. The van der Waals surface area contributed by atoms with Crippen LogP contribution in [0.3, 0.4) is 0 Å². The third-order valence-corrected chi connectivity index (χ3v) is 4.94. The molecule has 1 rings (SSSR count). The molecule has 7 heteroatoms. The standard InChI is InChI=1S/C10H18F3NO2S/c1-3-8-5-9(4-2)7-14(6-8)17(15,16)10(11,12)13/h8-9H,3-7H2,1-2H3. The van der Waals surface area contributed by atoms with Crippen molar-refractivity contribution < 1.29 is 21.6 Å². The lowest BCUT2D eigenvalue weighted by Gasteiger charge is -2.36. The normalized spacial score (nSPS) is 28.3. The topological polar surface area (TPSA) is 37.4 Å². The molecule has 2 atom stereocenters. The summed E-state index contributed by atoms with van der Waals surface area (Å²) in [6.45, 7) is 3.74. The molecule has 1 heterocycles. The number of halogens is 3. The molecule has 0 amide bonds. The van der Waals surface area contributed by atoms with Gasteiger partial charge in [-0.2, -0.15) is 17.5 Å². The summed E-state index contributed by atoms with van der Waals surface area (Å²) in [5, 5.41) is 0. The Morgan fingerprint density at radius 3 is 1.82 bits per heavy atom. The molecule has 3 nitrogen and oxygen atoms in total. The number of piperidine rings is 1. The van der Waals surface area contributed by atoms with Gasteiger partial charge in [-0.3, -0.25) is 0 Å². The van der Waals surface area contributed by atoms with Gasteiger partial charge in [0.1, 0.15) is 0 Å². The van der Waals surface area contributed by atoms with Gasteiger partial charge in [0, 0.05) is 13.1 Å². The van der Waals surface area contributed by atoms with Crippen LogP contribution >= 0.6 is 0 Å². The smallest absolute Gasteiger partial charge is 0.203 e. The largest absolute Gasteiger partial charge is 0.511 e. The number of nitrogens with zero attached hydrogens (tertiary/aromatic N) is 1. The number of hydrogen-bond donors (Lipinski definition) is 0. The first-order valence-corrected chi connectivity index (χ1v) is 7.22. The van der Waals surface area contributed by atoms with E-state index in [2.05, 4.69) is 0 Å².